The third kappa shape index (κ3) is 4.17. The Labute approximate surface area is 167 Å². The third-order valence-corrected chi connectivity index (χ3v) is 4.69. The molecular formula is C19H18ClN7O. The molecule has 1 N–H and O–H groups in total. The molecule has 0 radical (unpaired) electrons. The Bertz CT molecular complexity index is 927. The van der Waals surface area contributed by atoms with Gasteiger partial charge in [-0.1, -0.05) is 11.6 Å². The number of anilines is 3. The molecule has 28 heavy (non-hydrogen) atoms. The molecule has 0 unspecified atom stereocenters. The number of nitrogens with zero attached hydrogens (tertiary/aromatic N) is 6. The number of rotatable bonds is 4. The van der Waals surface area contributed by atoms with Crippen LogP contribution in [0.2, 0.25) is 5.02 Å². The van der Waals surface area contributed by atoms with E-state index in [1.807, 2.05) is 12.1 Å². The van der Waals surface area contributed by atoms with E-state index in [-0.39, 0.29) is 5.91 Å². The smallest absolute Gasteiger partial charge is 0.256 e. The maximum atomic E-state index is 12.2. The van der Waals surface area contributed by atoms with Crippen molar-refractivity contribution in [2.45, 2.75) is 0 Å². The predicted octanol–water partition coefficient (Wildman–Crippen LogP) is 2.50. The van der Waals surface area contributed by atoms with Gasteiger partial charge >= 0.3 is 0 Å². The number of hydrogen-bond donors (Lipinski definition) is 1. The summed E-state index contributed by atoms with van der Waals surface area (Å²) in [4.78, 5) is 25.1. The maximum Gasteiger partial charge on any atom is 0.256 e. The quantitative estimate of drug-likeness (QED) is 0.726. The van der Waals surface area contributed by atoms with E-state index >= 15 is 0 Å². The number of halogens is 1. The van der Waals surface area contributed by atoms with Gasteiger partial charge in [-0.2, -0.15) is 0 Å². The molecule has 9 heteroatoms. The predicted molar refractivity (Wildman–Crippen MR) is 108 cm³/mol. The van der Waals surface area contributed by atoms with Crippen LogP contribution >= 0.6 is 11.6 Å². The Morgan fingerprint density at radius 3 is 2.21 bits per heavy atom. The molecule has 0 saturated carbocycles. The van der Waals surface area contributed by atoms with E-state index in [0.29, 0.717) is 16.4 Å². The number of piperazine rings is 1. The first kappa shape index (κ1) is 18.1. The number of nitrogens with one attached hydrogen (secondary N) is 1. The van der Waals surface area contributed by atoms with Crippen LogP contribution in [0, 0.1) is 0 Å². The van der Waals surface area contributed by atoms with Crippen molar-refractivity contribution in [1.82, 2.24) is 20.2 Å². The molecule has 2 aromatic heterocycles. The molecule has 0 aliphatic carbocycles. The summed E-state index contributed by atoms with van der Waals surface area (Å²) in [5, 5.41) is 11.7. The minimum atomic E-state index is -0.254. The minimum Gasteiger partial charge on any atom is -0.352 e. The van der Waals surface area contributed by atoms with Crippen LogP contribution in [0.5, 0.6) is 0 Å². The zero-order valence-corrected chi connectivity index (χ0v) is 15.8. The van der Waals surface area contributed by atoms with Crippen molar-refractivity contribution in [3.8, 4) is 0 Å². The van der Waals surface area contributed by atoms with Crippen molar-refractivity contribution in [2.75, 3.05) is 41.3 Å². The molecule has 3 aromatic rings. The molecule has 1 fully saturated rings. The highest BCUT2D eigenvalue weighted by molar-refractivity contribution is 6.30. The molecule has 4 rings (SSSR count). The zero-order chi connectivity index (χ0) is 19.3. The fourth-order valence-corrected chi connectivity index (χ4v) is 3.07. The normalized spacial score (nSPS) is 14.0. The molecule has 1 aliphatic rings. The molecule has 0 spiro atoms. The fourth-order valence-electron chi connectivity index (χ4n) is 2.94. The van der Waals surface area contributed by atoms with Crippen molar-refractivity contribution < 1.29 is 4.79 Å². The molecule has 1 aliphatic heterocycles. The second-order valence-corrected chi connectivity index (χ2v) is 6.70. The molecule has 1 amide bonds. The number of carbonyl (C=O) groups is 1. The summed E-state index contributed by atoms with van der Waals surface area (Å²) in [5.41, 5.74) is 0.509. The minimum absolute atomic E-state index is 0.254. The summed E-state index contributed by atoms with van der Waals surface area (Å²) in [5.74, 6) is 1.67. The van der Waals surface area contributed by atoms with Crippen LogP contribution in [0.1, 0.15) is 10.4 Å². The summed E-state index contributed by atoms with van der Waals surface area (Å²) >= 11 is 5.84. The van der Waals surface area contributed by atoms with Gasteiger partial charge in [0.05, 0.1) is 0 Å². The van der Waals surface area contributed by atoms with Gasteiger partial charge in [0.1, 0.15) is 0 Å². The van der Waals surface area contributed by atoms with Crippen molar-refractivity contribution in [3.05, 3.63) is 65.4 Å². The highest BCUT2D eigenvalue weighted by atomic mass is 35.5. The lowest BCUT2D eigenvalue weighted by Gasteiger charge is -2.35. The molecule has 1 aromatic carbocycles. The van der Waals surface area contributed by atoms with Crippen molar-refractivity contribution in [3.63, 3.8) is 0 Å². The second kappa shape index (κ2) is 8.18. The Morgan fingerprint density at radius 2 is 1.57 bits per heavy atom. The molecule has 1 saturated heterocycles. The standard InChI is InChI=1S/C19H18ClN7O/c20-15-4-2-14(3-5-15)18(28)23-16-6-7-17(25-24-16)26-10-12-27(13-11-26)19-21-8-1-9-22-19/h1-9H,10-13H2,(H,23,24,28). The first-order valence-electron chi connectivity index (χ1n) is 8.86. The van der Waals surface area contributed by atoms with E-state index in [0.717, 1.165) is 37.9 Å². The van der Waals surface area contributed by atoms with E-state index < -0.39 is 0 Å². The van der Waals surface area contributed by atoms with E-state index in [4.69, 9.17) is 11.6 Å². The zero-order valence-electron chi connectivity index (χ0n) is 15.0. The molecule has 0 atom stereocenters. The lowest BCUT2D eigenvalue weighted by molar-refractivity contribution is 0.102. The van der Waals surface area contributed by atoms with Crippen molar-refractivity contribution >= 4 is 35.1 Å². The van der Waals surface area contributed by atoms with Gasteiger partial charge in [0, 0.05) is 49.2 Å². The lowest BCUT2D eigenvalue weighted by atomic mass is 10.2. The topological polar surface area (TPSA) is 87.1 Å². The summed E-state index contributed by atoms with van der Waals surface area (Å²) in [6, 6.07) is 12.1. The number of amides is 1. The maximum absolute atomic E-state index is 12.2. The highest BCUT2D eigenvalue weighted by Gasteiger charge is 2.20. The Kier molecular flexibility index (Phi) is 5.29. The number of benzene rings is 1. The number of aromatic nitrogens is 4. The first-order chi connectivity index (χ1) is 13.7. The Hall–Kier alpha value is -3.26. The Balaban J connectivity index is 1.35. The molecular weight excluding hydrogens is 378 g/mol. The van der Waals surface area contributed by atoms with Crippen LogP contribution < -0.4 is 15.1 Å². The average Bonchev–Trinajstić information content (AvgIpc) is 2.75. The van der Waals surface area contributed by atoms with Crippen LogP contribution in [0.3, 0.4) is 0 Å². The first-order valence-corrected chi connectivity index (χ1v) is 9.24. The monoisotopic (exact) mass is 395 g/mol. The van der Waals surface area contributed by atoms with Gasteiger partial charge in [0.15, 0.2) is 11.6 Å². The average molecular weight is 396 g/mol. The molecule has 3 heterocycles. The van der Waals surface area contributed by atoms with Gasteiger partial charge in [-0.05, 0) is 42.5 Å². The van der Waals surface area contributed by atoms with Gasteiger partial charge < -0.3 is 15.1 Å². The summed E-state index contributed by atoms with van der Waals surface area (Å²) in [6.07, 6.45) is 3.49. The number of carbonyl (C=O) groups excluding carboxylic acids is 1. The lowest BCUT2D eigenvalue weighted by Crippen LogP contribution is -2.47. The SMILES string of the molecule is O=C(Nc1ccc(N2CCN(c3ncccn3)CC2)nn1)c1ccc(Cl)cc1. The van der Waals surface area contributed by atoms with Gasteiger partial charge in [0.2, 0.25) is 5.95 Å². The largest absolute Gasteiger partial charge is 0.352 e. The molecule has 142 valence electrons. The second-order valence-electron chi connectivity index (χ2n) is 6.26. The Morgan fingerprint density at radius 1 is 0.893 bits per heavy atom. The van der Waals surface area contributed by atoms with Gasteiger partial charge in [-0.15, -0.1) is 10.2 Å². The van der Waals surface area contributed by atoms with Crippen LogP contribution in [0.15, 0.2) is 54.9 Å². The molecule has 8 nitrogen and oxygen atoms in total. The number of hydrogen-bond acceptors (Lipinski definition) is 7. The van der Waals surface area contributed by atoms with E-state index in [1.165, 1.54) is 0 Å². The van der Waals surface area contributed by atoms with Crippen LogP contribution in [0.25, 0.3) is 0 Å². The third-order valence-electron chi connectivity index (χ3n) is 4.44. The van der Waals surface area contributed by atoms with E-state index in [1.54, 1.807) is 42.7 Å². The van der Waals surface area contributed by atoms with Gasteiger partial charge in [0.25, 0.3) is 5.91 Å². The summed E-state index contributed by atoms with van der Waals surface area (Å²) in [6.45, 7) is 3.20. The van der Waals surface area contributed by atoms with Crippen LogP contribution in [0.4, 0.5) is 17.6 Å². The van der Waals surface area contributed by atoms with E-state index in [9.17, 15) is 4.79 Å². The van der Waals surface area contributed by atoms with Gasteiger partial charge in [-0.3, -0.25) is 4.79 Å². The van der Waals surface area contributed by atoms with Crippen LogP contribution in [-0.4, -0.2) is 52.3 Å². The molecule has 0 bridgehead atoms. The van der Waals surface area contributed by atoms with Crippen LogP contribution in [-0.2, 0) is 0 Å². The summed E-state index contributed by atoms with van der Waals surface area (Å²) < 4.78 is 0. The van der Waals surface area contributed by atoms with Crippen molar-refractivity contribution in [2.24, 2.45) is 0 Å². The fraction of sp³-hybridized carbons (Fsp3) is 0.211. The van der Waals surface area contributed by atoms with E-state index in [2.05, 4.69) is 35.3 Å². The summed E-state index contributed by atoms with van der Waals surface area (Å²) in [7, 11) is 0. The highest BCUT2D eigenvalue weighted by Crippen LogP contribution is 2.17. The van der Waals surface area contributed by atoms with Gasteiger partial charge in [-0.25, -0.2) is 9.97 Å². The van der Waals surface area contributed by atoms with Crippen molar-refractivity contribution in [1.29, 1.82) is 0 Å².